The maximum Gasteiger partial charge on any atom is 0.180 e. The number of fused-ring (bicyclic) bond motifs is 6. The van der Waals surface area contributed by atoms with Crippen LogP contribution in [0.2, 0.25) is 0 Å². The second-order valence-corrected chi connectivity index (χ2v) is 13.0. The van der Waals surface area contributed by atoms with Gasteiger partial charge in [0, 0.05) is 21.9 Å². The van der Waals surface area contributed by atoms with Crippen LogP contribution in [-0.2, 0) is 0 Å². The van der Waals surface area contributed by atoms with Crippen LogP contribution >= 0.6 is 0 Å². The van der Waals surface area contributed by atoms with E-state index in [1.54, 1.807) is 0 Å². The third kappa shape index (κ3) is 5.06. The highest BCUT2D eigenvalue weighted by Gasteiger charge is 2.21. The van der Waals surface area contributed by atoms with Crippen molar-refractivity contribution in [2.24, 2.45) is 0 Å². The van der Waals surface area contributed by atoms with Crippen molar-refractivity contribution >= 4 is 43.6 Å². The lowest BCUT2D eigenvalue weighted by atomic mass is 9.96. The Bertz CT molecular complexity index is 2900. The van der Waals surface area contributed by atoms with Gasteiger partial charge < -0.3 is 4.42 Å². The van der Waals surface area contributed by atoms with Gasteiger partial charge in [-0.15, -0.1) is 0 Å². The standard InChI is InChI=1S/C48H30N2O/c1-2-11-31(12-3-1)32-23-25-33(26-24-32)36-16-8-17-37(29-36)38-18-9-19-39(30-38)48-49-44(42-22-10-15-34-13-4-6-20-40(34)42)47-45(50-48)43-28-27-35-14-5-7-21-41(35)46(43)51-47/h1-30H. The van der Waals surface area contributed by atoms with Gasteiger partial charge in [0.15, 0.2) is 11.4 Å². The van der Waals surface area contributed by atoms with Crippen molar-refractivity contribution in [3.05, 3.63) is 182 Å². The van der Waals surface area contributed by atoms with Gasteiger partial charge in [-0.25, -0.2) is 9.97 Å². The van der Waals surface area contributed by atoms with Gasteiger partial charge in [-0.2, -0.15) is 0 Å². The molecule has 0 fully saturated rings. The molecule has 0 aliphatic heterocycles. The van der Waals surface area contributed by atoms with E-state index in [9.17, 15) is 0 Å². The minimum absolute atomic E-state index is 0.663. The fourth-order valence-corrected chi connectivity index (χ4v) is 7.32. The summed E-state index contributed by atoms with van der Waals surface area (Å²) in [6, 6.07) is 64.0. The van der Waals surface area contributed by atoms with Crippen molar-refractivity contribution in [3.63, 3.8) is 0 Å². The molecule has 0 bridgehead atoms. The van der Waals surface area contributed by atoms with Gasteiger partial charge in [-0.1, -0.05) is 164 Å². The Labute approximate surface area is 295 Å². The van der Waals surface area contributed by atoms with E-state index in [-0.39, 0.29) is 0 Å². The molecule has 0 spiro atoms. The summed E-state index contributed by atoms with van der Waals surface area (Å²) in [6.45, 7) is 0. The molecule has 3 nitrogen and oxygen atoms in total. The van der Waals surface area contributed by atoms with Crippen LogP contribution in [0.25, 0.3) is 99.6 Å². The second kappa shape index (κ2) is 11.9. The van der Waals surface area contributed by atoms with E-state index in [2.05, 4.69) is 176 Å². The van der Waals surface area contributed by atoms with Gasteiger partial charge in [-0.3, -0.25) is 0 Å². The first kappa shape index (κ1) is 29.1. The Hall–Kier alpha value is -6.84. The minimum Gasteiger partial charge on any atom is -0.451 e. The van der Waals surface area contributed by atoms with E-state index >= 15 is 0 Å². The summed E-state index contributed by atoms with van der Waals surface area (Å²) in [5, 5.41) is 5.46. The lowest BCUT2D eigenvalue weighted by Crippen LogP contribution is -1.95. The predicted octanol–water partition coefficient (Wildman–Crippen LogP) is 13.0. The molecule has 0 amide bonds. The Morgan fingerprint density at radius 2 is 0.863 bits per heavy atom. The average molecular weight is 651 g/mol. The van der Waals surface area contributed by atoms with Crippen LogP contribution in [0.5, 0.6) is 0 Å². The highest BCUT2D eigenvalue weighted by atomic mass is 16.3. The number of hydrogen-bond donors (Lipinski definition) is 0. The van der Waals surface area contributed by atoms with Crippen LogP contribution in [0.15, 0.2) is 186 Å². The quantitative estimate of drug-likeness (QED) is 0.186. The average Bonchev–Trinajstić information content (AvgIpc) is 3.60. The third-order valence-electron chi connectivity index (χ3n) is 9.89. The zero-order chi connectivity index (χ0) is 33.7. The highest BCUT2D eigenvalue weighted by molar-refractivity contribution is 6.16. The Balaban J connectivity index is 1.11. The molecule has 10 rings (SSSR count). The Kier molecular flexibility index (Phi) is 6.81. The lowest BCUT2D eigenvalue weighted by molar-refractivity contribution is 0.671. The molecule has 10 aromatic rings. The fourth-order valence-electron chi connectivity index (χ4n) is 7.32. The summed E-state index contributed by atoms with van der Waals surface area (Å²) in [5.41, 5.74) is 12.1. The number of benzene rings is 8. The molecule has 51 heavy (non-hydrogen) atoms. The monoisotopic (exact) mass is 650 g/mol. The normalized spacial score (nSPS) is 11.5. The summed E-state index contributed by atoms with van der Waals surface area (Å²) >= 11 is 0. The van der Waals surface area contributed by atoms with Crippen molar-refractivity contribution in [3.8, 4) is 56.0 Å². The number of furan rings is 1. The molecular weight excluding hydrogens is 621 g/mol. The lowest BCUT2D eigenvalue weighted by Gasteiger charge is -2.11. The van der Waals surface area contributed by atoms with Crippen molar-refractivity contribution < 1.29 is 4.42 Å². The Morgan fingerprint density at radius 3 is 1.63 bits per heavy atom. The number of hydrogen-bond acceptors (Lipinski definition) is 3. The maximum atomic E-state index is 6.75. The molecule has 0 unspecified atom stereocenters. The molecule has 0 atom stereocenters. The molecule has 2 heterocycles. The van der Waals surface area contributed by atoms with Gasteiger partial charge >= 0.3 is 0 Å². The molecule has 8 aromatic carbocycles. The van der Waals surface area contributed by atoms with Crippen LogP contribution in [0.4, 0.5) is 0 Å². The first-order chi connectivity index (χ1) is 25.3. The van der Waals surface area contributed by atoms with Crippen molar-refractivity contribution in [2.75, 3.05) is 0 Å². The molecule has 0 aliphatic rings. The van der Waals surface area contributed by atoms with Gasteiger partial charge in [0.05, 0.1) is 0 Å². The molecule has 2 aromatic heterocycles. The third-order valence-corrected chi connectivity index (χ3v) is 9.89. The zero-order valence-corrected chi connectivity index (χ0v) is 27.6. The molecular formula is C48H30N2O. The van der Waals surface area contributed by atoms with E-state index in [1.807, 2.05) is 6.07 Å². The smallest absolute Gasteiger partial charge is 0.180 e. The van der Waals surface area contributed by atoms with Crippen LogP contribution in [0, 0.1) is 0 Å². The van der Waals surface area contributed by atoms with Crippen molar-refractivity contribution in [1.82, 2.24) is 9.97 Å². The predicted molar refractivity (Wildman–Crippen MR) is 212 cm³/mol. The molecule has 0 N–H and O–H groups in total. The topological polar surface area (TPSA) is 38.9 Å². The summed E-state index contributed by atoms with van der Waals surface area (Å²) in [6.07, 6.45) is 0. The van der Waals surface area contributed by atoms with E-state index in [1.165, 1.54) is 22.3 Å². The first-order valence-electron chi connectivity index (χ1n) is 17.2. The summed E-state index contributed by atoms with van der Waals surface area (Å²) in [5.74, 6) is 0.663. The number of rotatable bonds is 5. The number of nitrogens with zero attached hydrogens (tertiary/aromatic N) is 2. The summed E-state index contributed by atoms with van der Waals surface area (Å²) in [7, 11) is 0. The van der Waals surface area contributed by atoms with E-state index < -0.39 is 0 Å². The molecule has 0 saturated heterocycles. The largest absolute Gasteiger partial charge is 0.451 e. The van der Waals surface area contributed by atoms with Crippen molar-refractivity contribution in [1.29, 1.82) is 0 Å². The summed E-state index contributed by atoms with van der Waals surface area (Å²) in [4.78, 5) is 10.5. The van der Waals surface area contributed by atoms with Gasteiger partial charge in [0.1, 0.15) is 16.8 Å². The van der Waals surface area contributed by atoms with Crippen LogP contribution in [0.3, 0.4) is 0 Å². The SMILES string of the molecule is c1ccc(-c2ccc(-c3cccc(-c4cccc(-c5nc(-c6cccc7ccccc67)c6oc7c8ccccc8ccc7c6n5)c4)c3)cc2)cc1. The van der Waals surface area contributed by atoms with Gasteiger partial charge in [0.25, 0.3) is 0 Å². The minimum atomic E-state index is 0.663. The molecule has 0 saturated carbocycles. The summed E-state index contributed by atoms with van der Waals surface area (Å²) < 4.78 is 6.75. The van der Waals surface area contributed by atoms with Crippen molar-refractivity contribution in [2.45, 2.75) is 0 Å². The Morgan fingerprint density at radius 1 is 0.333 bits per heavy atom. The van der Waals surface area contributed by atoms with E-state index in [0.717, 1.165) is 66.0 Å². The van der Waals surface area contributed by atoms with E-state index in [0.29, 0.717) is 11.4 Å². The van der Waals surface area contributed by atoms with Gasteiger partial charge in [-0.05, 0) is 67.7 Å². The zero-order valence-electron chi connectivity index (χ0n) is 27.6. The second-order valence-electron chi connectivity index (χ2n) is 13.0. The molecule has 0 aliphatic carbocycles. The fraction of sp³-hybridized carbons (Fsp3) is 0. The number of aromatic nitrogens is 2. The van der Waals surface area contributed by atoms with Crippen LogP contribution in [0.1, 0.15) is 0 Å². The first-order valence-corrected chi connectivity index (χ1v) is 17.2. The van der Waals surface area contributed by atoms with E-state index in [4.69, 9.17) is 14.4 Å². The van der Waals surface area contributed by atoms with Crippen LogP contribution < -0.4 is 0 Å². The highest BCUT2D eigenvalue weighted by Crippen LogP contribution is 2.40. The molecule has 0 radical (unpaired) electrons. The van der Waals surface area contributed by atoms with Crippen LogP contribution in [-0.4, -0.2) is 9.97 Å². The van der Waals surface area contributed by atoms with Gasteiger partial charge in [0.2, 0.25) is 0 Å². The molecule has 3 heteroatoms. The molecule has 238 valence electrons. The maximum absolute atomic E-state index is 6.75.